The van der Waals surface area contributed by atoms with E-state index >= 15 is 0 Å². The summed E-state index contributed by atoms with van der Waals surface area (Å²) in [7, 11) is 0. The Kier molecular flexibility index (Phi) is 12.9. The van der Waals surface area contributed by atoms with Gasteiger partial charge in [-0.05, 0) is 24.0 Å². The molecule has 0 aromatic carbocycles. The molecule has 0 spiro atoms. The second-order valence-corrected chi connectivity index (χ2v) is 6.52. The molecular formula is C17H23Cl3N3O2V-3. The summed E-state index contributed by atoms with van der Waals surface area (Å²) in [6, 6.07) is 6.21. The average molecular weight is 459 g/mol. The number of pyridine rings is 1. The Labute approximate surface area is 186 Å². The maximum Gasteiger partial charge on any atom is 0.235 e. The van der Waals surface area contributed by atoms with Crippen LogP contribution in [-0.2, 0) is 28.0 Å². The van der Waals surface area contributed by atoms with Gasteiger partial charge in [-0.1, -0.05) is 33.8 Å². The van der Waals surface area contributed by atoms with Crippen LogP contribution in [0.1, 0.15) is 39.1 Å². The number of hydrogen-bond acceptors (Lipinski definition) is 5. The molecule has 0 saturated heterocycles. The van der Waals surface area contributed by atoms with Crippen LogP contribution in [0.2, 0.25) is 0 Å². The van der Waals surface area contributed by atoms with Crippen LogP contribution in [0.3, 0.4) is 0 Å². The summed E-state index contributed by atoms with van der Waals surface area (Å²) in [5.41, 5.74) is 1.50. The normalized spacial score (nSPS) is 20.5. The van der Waals surface area contributed by atoms with Crippen molar-refractivity contribution >= 4 is 11.8 Å². The van der Waals surface area contributed by atoms with E-state index in [1.165, 1.54) is 0 Å². The van der Waals surface area contributed by atoms with Gasteiger partial charge in [-0.25, -0.2) is 15.0 Å². The van der Waals surface area contributed by atoms with Gasteiger partial charge in [0.1, 0.15) is 24.6 Å². The molecule has 147 valence electrons. The number of hydrogen-bond donors (Lipinski definition) is 0. The van der Waals surface area contributed by atoms with Crippen LogP contribution in [0, 0.1) is 11.8 Å². The minimum atomic E-state index is 0. The topological polar surface area (TPSA) is 56.1 Å². The van der Waals surface area contributed by atoms with Gasteiger partial charge in [0.05, 0.1) is 12.1 Å². The third-order valence-electron chi connectivity index (χ3n) is 4.07. The second-order valence-electron chi connectivity index (χ2n) is 6.52. The van der Waals surface area contributed by atoms with Gasteiger partial charge in [-0.3, -0.25) is 0 Å². The van der Waals surface area contributed by atoms with Crippen molar-refractivity contribution in [3.63, 3.8) is 0 Å². The average Bonchev–Trinajstić information content (AvgIpc) is 3.17. The molecule has 0 fully saturated rings. The summed E-state index contributed by atoms with van der Waals surface area (Å²) in [5.74, 6) is 2.18. The summed E-state index contributed by atoms with van der Waals surface area (Å²) in [4.78, 5) is 13.9. The van der Waals surface area contributed by atoms with Crippen molar-refractivity contribution < 1.29 is 65.3 Å². The van der Waals surface area contributed by atoms with Crippen molar-refractivity contribution in [2.45, 2.75) is 39.8 Å². The summed E-state index contributed by atoms with van der Waals surface area (Å²) >= 11 is 0. The SMILES string of the molecule is CC(C)[C@H]1COC(c2cccc(C3=N[C@@H](C(C)C)CO3)n2)=N1.[Cl-].[Cl-].[Cl-].[V]. The third-order valence-corrected chi connectivity index (χ3v) is 4.07. The molecule has 26 heavy (non-hydrogen) atoms. The fourth-order valence-corrected chi connectivity index (χ4v) is 2.42. The van der Waals surface area contributed by atoms with Gasteiger partial charge in [0.25, 0.3) is 0 Å². The zero-order valence-corrected chi connectivity index (χ0v) is 18.9. The molecule has 1 aromatic heterocycles. The van der Waals surface area contributed by atoms with Crippen molar-refractivity contribution in [3.8, 4) is 0 Å². The number of halogens is 3. The predicted octanol–water partition coefficient (Wildman–Crippen LogP) is -6.31. The van der Waals surface area contributed by atoms with Crippen LogP contribution in [0.15, 0.2) is 28.2 Å². The quantitative estimate of drug-likeness (QED) is 0.451. The molecule has 0 amide bonds. The number of aromatic nitrogens is 1. The molecule has 0 unspecified atom stereocenters. The molecule has 1 aromatic rings. The second kappa shape index (κ2) is 12.1. The Morgan fingerprint density at radius 1 is 0.808 bits per heavy atom. The monoisotopic (exact) mass is 457 g/mol. The molecule has 0 N–H and O–H groups in total. The zero-order valence-electron chi connectivity index (χ0n) is 15.2. The number of nitrogens with zero attached hydrogens (tertiary/aromatic N) is 3. The zero-order chi connectivity index (χ0) is 15.7. The van der Waals surface area contributed by atoms with Gasteiger partial charge < -0.3 is 46.7 Å². The predicted molar refractivity (Wildman–Crippen MR) is 86.5 cm³/mol. The molecule has 2 aliphatic rings. The van der Waals surface area contributed by atoms with Crippen LogP contribution in [0.5, 0.6) is 0 Å². The minimum absolute atomic E-state index is 0. The molecule has 0 saturated carbocycles. The molecule has 0 aliphatic carbocycles. The molecule has 2 atom stereocenters. The van der Waals surface area contributed by atoms with E-state index in [0.717, 1.165) is 11.4 Å². The Bertz CT molecular complexity index is 578. The Morgan fingerprint density at radius 2 is 1.19 bits per heavy atom. The van der Waals surface area contributed by atoms with E-state index in [4.69, 9.17) is 9.47 Å². The maximum absolute atomic E-state index is 5.70. The van der Waals surface area contributed by atoms with E-state index in [9.17, 15) is 0 Å². The van der Waals surface area contributed by atoms with Gasteiger partial charge >= 0.3 is 0 Å². The summed E-state index contributed by atoms with van der Waals surface area (Å²) in [5, 5.41) is 0. The van der Waals surface area contributed by atoms with Gasteiger partial charge in [-0.2, -0.15) is 0 Å². The van der Waals surface area contributed by atoms with Crippen LogP contribution < -0.4 is 37.2 Å². The Hall–Kier alpha value is -0.456. The van der Waals surface area contributed by atoms with Gasteiger partial charge in [0, 0.05) is 18.6 Å². The number of ether oxygens (including phenoxy) is 2. The van der Waals surface area contributed by atoms with Crippen molar-refractivity contribution in [2.24, 2.45) is 21.8 Å². The van der Waals surface area contributed by atoms with Crippen molar-refractivity contribution in [1.82, 2.24) is 4.98 Å². The first-order valence-corrected chi connectivity index (χ1v) is 7.93. The van der Waals surface area contributed by atoms with Crippen molar-refractivity contribution in [2.75, 3.05) is 13.2 Å². The van der Waals surface area contributed by atoms with E-state index in [-0.39, 0.29) is 67.9 Å². The maximum atomic E-state index is 5.70. The van der Waals surface area contributed by atoms with Crippen LogP contribution in [-0.4, -0.2) is 42.1 Å². The van der Waals surface area contributed by atoms with Gasteiger partial charge in [0.2, 0.25) is 11.8 Å². The Balaban J connectivity index is 0. The molecule has 3 rings (SSSR count). The van der Waals surface area contributed by atoms with E-state index in [1.807, 2.05) is 18.2 Å². The molecular weight excluding hydrogens is 436 g/mol. The van der Waals surface area contributed by atoms with Crippen LogP contribution >= 0.6 is 0 Å². The Morgan fingerprint density at radius 3 is 1.50 bits per heavy atom. The fraction of sp³-hybridized carbons (Fsp3) is 0.588. The van der Waals surface area contributed by atoms with Crippen molar-refractivity contribution in [1.29, 1.82) is 0 Å². The largest absolute Gasteiger partial charge is 1.00 e. The van der Waals surface area contributed by atoms with E-state index in [2.05, 4.69) is 42.7 Å². The van der Waals surface area contributed by atoms with Crippen LogP contribution in [0.4, 0.5) is 0 Å². The molecule has 0 bridgehead atoms. The van der Waals surface area contributed by atoms with Crippen LogP contribution in [0.25, 0.3) is 0 Å². The minimum Gasteiger partial charge on any atom is -1.00 e. The first kappa shape index (κ1) is 27.8. The molecule has 1 radical (unpaired) electrons. The van der Waals surface area contributed by atoms with E-state index in [0.29, 0.717) is 36.8 Å². The summed E-state index contributed by atoms with van der Waals surface area (Å²) in [6.45, 7) is 9.86. The third kappa shape index (κ3) is 6.31. The van der Waals surface area contributed by atoms with Gasteiger partial charge in [-0.15, -0.1) is 0 Å². The van der Waals surface area contributed by atoms with E-state index in [1.54, 1.807) is 0 Å². The number of rotatable bonds is 4. The fourth-order valence-electron chi connectivity index (χ4n) is 2.42. The summed E-state index contributed by atoms with van der Waals surface area (Å²) in [6.07, 6.45) is 0. The summed E-state index contributed by atoms with van der Waals surface area (Å²) < 4.78 is 11.4. The molecule has 5 nitrogen and oxygen atoms in total. The van der Waals surface area contributed by atoms with Crippen molar-refractivity contribution in [3.05, 3.63) is 29.6 Å². The smallest absolute Gasteiger partial charge is 0.235 e. The first-order valence-electron chi connectivity index (χ1n) is 7.93. The molecule has 3 heterocycles. The standard InChI is InChI=1S/C17H23N3O2.3ClH.V/c1-10(2)14-8-21-16(19-14)12-6-5-7-13(18-12)17-20-15(9-22-17)11(3)4;;;;/h5-7,10-11,14-15H,8-9H2,1-4H3;3*1H;/p-3/t14-,15-;;;;/m1..../s1. The molecule has 2 aliphatic heterocycles. The number of aliphatic imine (C=N–C) groups is 2. The molecule has 9 heteroatoms. The first-order chi connectivity index (χ1) is 10.5. The van der Waals surface area contributed by atoms with Gasteiger partial charge in [0.15, 0.2) is 0 Å². The van der Waals surface area contributed by atoms with E-state index < -0.39 is 0 Å².